The first-order valence-electron chi connectivity index (χ1n) is 39.5. The molecule has 772 valence electrons. The molecule has 0 bridgehead atoms. The molecule has 16 nitrogen and oxygen atoms in total. The van der Waals surface area contributed by atoms with E-state index in [9.17, 15) is 201 Å². The summed E-state index contributed by atoms with van der Waals surface area (Å²) >= 11 is 0. The summed E-state index contributed by atoms with van der Waals surface area (Å²) in [5, 5.41) is -5.68. The molecule has 0 saturated carbocycles. The van der Waals surface area contributed by atoms with Crippen LogP contribution in [0.3, 0.4) is 0 Å². The second-order valence-corrected chi connectivity index (χ2v) is 29.4. The van der Waals surface area contributed by atoms with Crippen LogP contribution >= 0.6 is 0 Å². The van der Waals surface area contributed by atoms with Gasteiger partial charge in [-0.3, -0.25) is 0 Å². The first-order chi connectivity index (χ1) is 70.5. The van der Waals surface area contributed by atoms with Crippen LogP contribution in [0.15, 0.2) is 158 Å². The lowest BCUT2D eigenvalue weighted by molar-refractivity contribution is 0.0699. The zero-order chi connectivity index (χ0) is 110. The lowest BCUT2D eigenvalue weighted by Crippen LogP contribution is -2.20. The minimum absolute atomic E-state index is 0.0697. The Labute approximate surface area is 802 Å². The van der Waals surface area contributed by atoms with E-state index in [0.29, 0.717) is 64.9 Å². The molecule has 0 unspecified atom stereocenters. The molecular formula is C97H29F37O16. The maximum Gasteiger partial charge on any atom is 0.349 e. The second kappa shape index (κ2) is 43.2. The van der Waals surface area contributed by atoms with Crippen molar-refractivity contribution in [2.45, 2.75) is 6.92 Å². The van der Waals surface area contributed by atoms with E-state index in [4.69, 9.17) is 18.9 Å². The molecule has 0 aliphatic rings. The van der Waals surface area contributed by atoms with Crippen LogP contribution in [0.5, 0.6) is 46.0 Å². The third-order valence-corrected chi connectivity index (χ3v) is 20.2. The summed E-state index contributed by atoms with van der Waals surface area (Å²) in [7, 11) is 0. The zero-order valence-corrected chi connectivity index (χ0v) is 71.5. The maximum absolute atomic E-state index is 14.7. The number of hydrogen-bond donors (Lipinski definition) is 0. The highest BCUT2D eigenvalue weighted by Gasteiger charge is 2.41. The average molecular weight is 2150 g/mol. The fourth-order valence-corrected chi connectivity index (χ4v) is 13.2. The molecule has 16 aromatic rings. The molecule has 0 saturated heterocycles. The molecular weight excluding hydrogens is 2120 g/mol. The molecule has 0 amide bonds. The molecule has 0 spiro atoms. The molecule has 150 heavy (non-hydrogen) atoms. The molecule has 0 radical (unpaired) electrons. The highest BCUT2D eigenvalue weighted by Crippen LogP contribution is 2.48. The Balaban J connectivity index is 0.000000168. The van der Waals surface area contributed by atoms with Crippen molar-refractivity contribution in [2.75, 3.05) is 0 Å². The zero-order valence-electron chi connectivity index (χ0n) is 71.5. The molecule has 0 aliphatic heterocycles. The van der Waals surface area contributed by atoms with E-state index in [1.165, 1.54) is 30.3 Å². The van der Waals surface area contributed by atoms with E-state index in [0.717, 1.165) is 30.3 Å². The lowest BCUT2D eigenvalue weighted by Gasteiger charge is -2.17. The number of hydrogen-bond acceptors (Lipinski definition) is 16. The fraction of sp³-hybridized carbons (Fsp3) is 0.0103. The van der Waals surface area contributed by atoms with E-state index >= 15 is 0 Å². The summed E-state index contributed by atoms with van der Waals surface area (Å²) in [5.41, 5.74) is -10.00. The second-order valence-electron chi connectivity index (χ2n) is 29.4. The predicted molar refractivity (Wildman–Crippen MR) is 430 cm³/mol. The van der Waals surface area contributed by atoms with Crippen LogP contribution in [0, 0.1) is 222 Å². The van der Waals surface area contributed by atoms with Crippen molar-refractivity contribution in [3.05, 3.63) is 423 Å². The molecule has 0 heterocycles. The number of aryl methyl sites for hydroxylation is 1. The van der Waals surface area contributed by atoms with Gasteiger partial charge in [0.1, 0.15) is 74.3 Å². The first kappa shape index (κ1) is 109. The number of fused-ring (bicyclic) bond motifs is 4. The van der Waals surface area contributed by atoms with E-state index in [2.05, 4.69) is 18.9 Å². The Morgan fingerprint density at radius 1 is 0.180 bits per heavy atom. The van der Waals surface area contributed by atoms with Gasteiger partial charge >= 0.3 is 47.8 Å². The molecule has 53 heteroatoms. The highest BCUT2D eigenvalue weighted by atomic mass is 19.2. The SMILES string of the molecule is Cc1ccc(OC(=O)c2cc(F)c(F)c(F)c2)c2c(OC(=O)c3cc(F)c(F)c(F)c3)cccc12.O=C(Oc1c(F)c(F)c(F)c2c(F)c(F)c(F)c(OC(=O)c3c(F)c(F)c(F)c(F)c3F)c12)c1c(F)c(F)c(F)c(F)c1F.O=C(Oc1cccc2c(F)c(F)c(F)c(OC(=O)c3cc(F)c(F)c(F)c3F)c12)c1cc(F)c(F)c(F)c1F.O=C(Oc1cccc2cccc(OC(=O)c3ccc(F)cc3F)c12)c1ccc(F)cc1F. The summed E-state index contributed by atoms with van der Waals surface area (Å²) in [6.07, 6.45) is 0. The van der Waals surface area contributed by atoms with Crippen molar-refractivity contribution in [1.82, 2.24) is 0 Å². The number of rotatable bonds is 16. The summed E-state index contributed by atoms with van der Waals surface area (Å²) in [4.78, 5) is 99.3. The Morgan fingerprint density at radius 3 is 0.833 bits per heavy atom. The van der Waals surface area contributed by atoms with Gasteiger partial charge in [-0.1, -0.05) is 54.6 Å². The number of esters is 8. The van der Waals surface area contributed by atoms with Crippen LogP contribution < -0.4 is 37.9 Å². The van der Waals surface area contributed by atoms with E-state index < -0.39 is 352 Å². The standard InChI is InChI=1S/C25H12F6O4.C24F16O4.C24H5F11O4.C24H12F4O4/c1-11-5-6-20(35-25(33)13-9-17(28)23(31)18(29)10-13)21-14(11)3-2-4-19(21)34-24(32)12-7-15(26)22(30)16(27)8-12;25-5-1-2(21(19(39)15(5)35)43-23(41)3-7(27)11(31)17(37)12(32)8(3)28)22(20(40)16(36)6(1)26)44-24(42)4-9(29)13(33)18(38)14(34)10(4)30;25-9-4-7(14(28)18(32)16(9)30)23(36)38-11-3-1-2-6-12(11)22(21(35)20(34)13(6)27)39-24(37)8-5-10(26)17(31)19(33)15(8)29;25-14-7-9-16(18(27)11-14)23(29)31-20-5-1-3-13-4-2-6-21(22(13)20)32-24(30)17-10-8-15(26)12-19(17)28/h2-10H,1H3;;1-5H;1-12H. The summed E-state index contributed by atoms with van der Waals surface area (Å²) in [6, 6.07) is 24.9. The average Bonchev–Trinajstić information content (AvgIpc) is 0.709. The van der Waals surface area contributed by atoms with Gasteiger partial charge in [0.05, 0.1) is 49.2 Å². The Morgan fingerprint density at radius 2 is 0.460 bits per heavy atom. The van der Waals surface area contributed by atoms with Gasteiger partial charge < -0.3 is 37.9 Å². The van der Waals surface area contributed by atoms with E-state index in [1.54, 1.807) is 43.3 Å². The third kappa shape index (κ3) is 20.9. The van der Waals surface area contributed by atoms with Crippen molar-refractivity contribution in [3.63, 3.8) is 0 Å². The van der Waals surface area contributed by atoms with Crippen LogP contribution in [0.2, 0.25) is 0 Å². The van der Waals surface area contributed by atoms with Crippen LogP contribution in [-0.2, 0) is 0 Å². The minimum atomic E-state index is -2.97. The lowest BCUT2D eigenvalue weighted by atomic mass is 10.0. The monoisotopic (exact) mass is 2150 g/mol. The quantitative estimate of drug-likeness (QED) is 0.0289. The molecule has 0 aliphatic carbocycles. The molecule has 16 aromatic carbocycles. The molecule has 0 N–H and O–H groups in total. The van der Waals surface area contributed by atoms with Gasteiger partial charge in [-0.25, -0.2) is 188 Å². The summed E-state index contributed by atoms with van der Waals surface area (Å²) in [6.45, 7) is 1.69. The minimum Gasteiger partial charge on any atom is -0.422 e. The molecule has 0 aromatic heterocycles. The van der Waals surface area contributed by atoms with Gasteiger partial charge in [0.2, 0.25) is 29.1 Å². The molecule has 0 atom stereocenters. The first-order valence-corrected chi connectivity index (χ1v) is 39.5. The van der Waals surface area contributed by atoms with Gasteiger partial charge in [0.25, 0.3) is 0 Å². The summed E-state index contributed by atoms with van der Waals surface area (Å²) < 4.78 is 549. The normalized spacial score (nSPS) is 11.1. The van der Waals surface area contributed by atoms with Crippen molar-refractivity contribution in [1.29, 1.82) is 0 Å². The van der Waals surface area contributed by atoms with Crippen molar-refractivity contribution >= 4 is 90.8 Å². The molecule has 0 fully saturated rings. The topological polar surface area (TPSA) is 210 Å². The van der Waals surface area contributed by atoms with Crippen LogP contribution in [0.4, 0.5) is 162 Å². The fourth-order valence-electron chi connectivity index (χ4n) is 13.2. The van der Waals surface area contributed by atoms with E-state index in [-0.39, 0.29) is 45.9 Å². The number of carbonyl (C=O) groups excluding carboxylic acids is 8. The predicted octanol–water partition coefficient (Wildman–Crippen LogP) is 26.6. The van der Waals surface area contributed by atoms with Gasteiger partial charge in [-0.15, -0.1) is 0 Å². The van der Waals surface area contributed by atoms with Crippen LogP contribution in [0.25, 0.3) is 43.1 Å². The highest BCUT2D eigenvalue weighted by molar-refractivity contribution is 6.06. The Hall–Kier alpha value is -18.3. The van der Waals surface area contributed by atoms with Crippen LogP contribution in [-0.4, -0.2) is 47.8 Å². The number of carbonyl (C=O) groups is 8. The van der Waals surface area contributed by atoms with Crippen molar-refractivity contribution in [2.24, 2.45) is 0 Å². The number of halogens is 37. The van der Waals surface area contributed by atoms with Crippen LogP contribution in [0.1, 0.15) is 88.4 Å². The summed E-state index contributed by atoms with van der Waals surface area (Å²) in [5.74, 6) is -108. The molecule has 16 rings (SSSR count). The number of ether oxygens (including phenoxy) is 8. The Bertz CT molecular complexity index is 8100. The third-order valence-electron chi connectivity index (χ3n) is 20.2. The van der Waals surface area contributed by atoms with E-state index in [1.807, 2.05) is 0 Å². The van der Waals surface area contributed by atoms with Crippen molar-refractivity contribution < 1.29 is 239 Å². The van der Waals surface area contributed by atoms with Gasteiger partial charge in [0.15, 0.2) is 180 Å². The van der Waals surface area contributed by atoms with Gasteiger partial charge in [-0.05, 0) is 114 Å². The van der Waals surface area contributed by atoms with Crippen molar-refractivity contribution in [3.8, 4) is 46.0 Å². The smallest absolute Gasteiger partial charge is 0.349 e. The largest absolute Gasteiger partial charge is 0.422 e. The van der Waals surface area contributed by atoms with Gasteiger partial charge in [-0.2, -0.15) is 13.2 Å². The maximum atomic E-state index is 14.7. The Kier molecular flexibility index (Phi) is 31.4. The number of benzene rings is 16. The van der Waals surface area contributed by atoms with Gasteiger partial charge in [0, 0.05) is 17.5 Å².